The molecule has 0 bridgehead atoms. The molecule has 1 N–H and O–H groups in total. The Hall–Kier alpha value is -1.92. The normalized spacial score (nSPS) is 9.79. The summed E-state index contributed by atoms with van der Waals surface area (Å²) in [5, 5.41) is 5.24. The van der Waals surface area contributed by atoms with Gasteiger partial charge in [-0.2, -0.15) is 5.10 Å². The molecule has 0 aromatic carbocycles. The first kappa shape index (κ1) is 10.2. The third kappa shape index (κ3) is 2.54. The van der Waals surface area contributed by atoms with Crippen LogP contribution in [0, 0.1) is 6.33 Å². The molecular formula is C7H8N3O4. The minimum atomic E-state index is -0.827. The van der Waals surface area contributed by atoms with E-state index in [1.165, 1.54) is 6.92 Å². The van der Waals surface area contributed by atoms with Crippen molar-refractivity contribution in [2.45, 2.75) is 13.5 Å². The number of nitrogens with one attached hydrogen (secondary N) is 1. The fourth-order valence-electron chi connectivity index (χ4n) is 0.784. The Kier molecular flexibility index (Phi) is 3.16. The number of esters is 1. The lowest BCUT2D eigenvalue weighted by Crippen LogP contribution is -2.37. The van der Waals surface area contributed by atoms with E-state index in [2.05, 4.69) is 16.2 Å². The van der Waals surface area contributed by atoms with Gasteiger partial charge in [0.15, 0.2) is 0 Å². The van der Waals surface area contributed by atoms with Gasteiger partial charge in [-0.05, 0) is 0 Å². The fraction of sp³-hybridized carbons (Fsp3) is 0.429. The average molecular weight is 198 g/mol. The van der Waals surface area contributed by atoms with E-state index in [1.807, 2.05) is 5.10 Å². The van der Waals surface area contributed by atoms with Crippen molar-refractivity contribution >= 4 is 5.97 Å². The summed E-state index contributed by atoms with van der Waals surface area (Å²) in [5.74, 6) is -0.448. The number of aromatic amines is 1. The van der Waals surface area contributed by atoms with Gasteiger partial charge in [-0.3, -0.25) is 19.0 Å². The number of carbonyl (C=O) groups is 1. The Labute approximate surface area is 78.3 Å². The van der Waals surface area contributed by atoms with Crippen LogP contribution in [-0.4, -0.2) is 27.3 Å². The Morgan fingerprint density at radius 1 is 1.64 bits per heavy atom. The molecule has 1 heterocycles. The van der Waals surface area contributed by atoms with Crippen LogP contribution in [0.5, 0.6) is 0 Å². The van der Waals surface area contributed by atoms with Crippen molar-refractivity contribution < 1.29 is 9.53 Å². The molecule has 1 aromatic heterocycles. The van der Waals surface area contributed by atoms with E-state index in [4.69, 9.17) is 0 Å². The fourth-order valence-corrected chi connectivity index (χ4v) is 0.784. The van der Waals surface area contributed by atoms with Crippen molar-refractivity contribution in [2.75, 3.05) is 6.61 Å². The quantitative estimate of drug-likeness (QED) is 0.461. The van der Waals surface area contributed by atoms with E-state index < -0.39 is 17.1 Å². The predicted molar refractivity (Wildman–Crippen MR) is 44.6 cm³/mol. The Morgan fingerprint density at radius 2 is 2.36 bits per heavy atom. The zero-order chi connectivity index (χ0) is 10.6. The van der Waals surface area contributed by atoms with Gasteiger partial charge in [-0.1, -0.05) is 0 Å². The minimum absolute atomic E-state index is 0.0108. The molecule has 0 saturated heterocycles. The smallest absolute Gasteiger partial charge is 0.330 e. The third-order valence-corrected chi connectivity index (χ3v) is 1.39. The lowest BCUT2D eigenvalue weighted by atomic mass is 10.6. The number of nitrogens with zero attached hydrogens (tertiary/aromatic N) is 2. The van der Waals surface area contributed by atoms with Crippen LogP contribution >= 0.6 is 0 Å². The number of rotatable bonds is 3. The second-order valence-electron chi connectivity index (χ2n) is 2.45. The number of hydrogen-bond donors (Lipinski definition) is 1. The molecule has 7 nitrogen and oxygen atoms in total. The van der Waals surface area contributed by atoms with Crippen LogP contribution in [0.25, 0.3) is 0 Å². The third-order valence-electron chi connectivity index (χ3n) is 1.39. The molecular weight excluding hydrogens is 190 g/mol. The summed E-state index contributed by atoms with van der Waals surface area (Å²) in [7, 11) is 0. The highest BCUT2D eigenvalue weighted by Crippen LogP contribution is 1.79. The molecule has 0 aliphatic carbocycles. The summed E-state index contributed by atoms with van der Waals surface area (Å²) in [6.07, 6.45) is 2.26. The molecule has 0 saturated carbocycles. The highest BCUT2D eigenvalue weighted by Gasteiger charge is 2.01. The van der Waals surface area contributed by atoms with Crippen molar-refractivity contribution in [3.05, 3.63) is 27.0 Å². The van der Waals surface area contributed by atoms with Gasteiger partial charge in [-0.15, -0.1) is 0 Å². The molecule has 75 valence electrons. The first-order chi connectivity index (χ1) is 6.61. The Morgan fingerprint density at radius 3 is 3.00 bits per heavy atom. The molecule has 0 fully saturated rings. The maximum absolute atomic E-state index is 11.1. The van der Waals surface area contributed by atoms with E-state index in [9.17, 15) is 14.4 Å². The highest BCUT2D eigenvalue weighted by atomic mass is 16.5. The van der Waals surface area contributed by atoms with Crippen LogP contribution in [0.1, 0.15) is 6.92 Å². The summed E-state index contributed by atoms with van der Waals surface area (Å²) >= 11 is 0. The van der Waals surface area contributed by atoms with Gasteiger partial charge in [0, 0.05) is 6.92 Å². The van der Waals surface area contributed by atoms with E-state index in [1.54, 1.807) is 0 Å². The van der Waals surface area contributed by atoms with Crippen LogP contribution in [-0.2, 0) is 16.1 Å². The van der Waals surface area contributed by atoms with Gasteiger partial charge in [0.05, 0.1) is 6.54 Å². The number of carbonyl (C=O) groups excluding carboxylic acids is 1. The van der Waals surface area contributed by atoms with Gasteiger partial charge in [0.2, 0.25) is 6.33 Å². The van der Waals surface area contributed by atoms with E-state index in [0.717, 1.165) is 4.57 Å². The lowest BCUT2D eigenvalue weighted by molar-refractivity contribution is -0.141. The number of H-pyrrole nitrogens is 1. The predicted octanol–water partition coefficient (Wildman–Crippen LogP) is -1.71. The van der Waals surface area contributed by atoms with Crippen molar-refractivity contribution in [2.24, 2.45) is 0 Å². The standard InChI is InChI=1S/C7H8N3O4/c1-5(11)14-3-2-10-4-8-9-6(12)7(10)13/h2-3H2,1H3,(H,9,12). The number of aromatic nitrogens is 3. The Balaban J connectivity index is 2.69. The summed E-state index contributed by atoms with van der Waals surface area (Å²) < 4.78 is 5.53. The van der Waals surface area contributed by atoms with Crippen molar-refractivity contribution in [3.63, 3.8) is 0 Å². The minimum Gasteiger partial charge on any atom is -0.464 e. The summed E-state index contributed by atoms with van der Waals surface area (Å²) in [5.41, 5.74) is -1.60. The molecule has 0 aliphatic rings. The van der Waals surface area contributed by atoms with Gasteiger partial charge in [0.25, 0.3) is 0 Å². The van der Waals surface area contributed by atoms with Crippen LogP contribution in [0.4, 0.5) is 0 Å². The topological polar surface area (TPSA) is 94.1 Å². The first-order valence-electron chi connectivity index (χ1n) is 3.82. The van der Waals surface area contributed by atoms with Gasteiger partial charge < -0.3 is 4.74 Å². The molecule has 0 aliphatic heterocycles. The number of hydrogen-bond acceptors (Lipinski definition) is 5. The zero-order valence-corrected chi connectivity index (χ0v) is 7.44. The van der Waals surface area contributed by atoms with Crippen LogP contribution in [0.3, 0.4) is 0 Å². The largest absolute Gasteiger partial charge is 0.464 e. The molecule has 0 atom stereocenters. The number of ether oxygens (including phenoxy) is 1. The average Bonchev–Trinajstić information content (AvgIpc) is 2.12. The van der Waals surface area contributed by atoms with Crippen LogP contribution < -0.4 is 11.1 Å². The van der Waals surface area contributed by atoms with Gasteiger partial charge in [-0.25, -0.2) is 5.10 Å². The SMILES string of the molecule is CC(=O)OCCn1[c]n[nH]c(=O)c1=O. The zero-order valence-electron chi connectivity index (χ0n) is 7.44. The second-order valence-corrected chi connectivity index (χ2v) is 2.45. The maximum atomic E-state index is 11.1. The molecule has 14 heavy (non-hydrogen) atoms. The van der Waals surface area contributed by atoms with Crippen molar-refractivity contribution in [1.82, 2.24) is 14.8 Å². The summed E-state index contributed by atoms with van der Waals surface area (Å²) in [6.45, 7) is 1.33. The maximum Gasteiger partial charge on any atom is 0.330 e. The molecule has 1 radical (unpaired) electrons. The Bertz CT molecular complexity index is 433. The molecule has 1 aromatic rings. The van der Waals surface area contributed by atoms with E-state index in [-0.39, 0.29) is 13.2 Å². The van der Waals surface area contributed by atoms with Crippen molar-refractivity contribution in [3.8, 4) is 0 Å². The van der Waals surface area contributed by atoms with E-state index in [0.29, 0.717) is 0 Å². The summed E-state index contributed by atoms with van der Waals surface area (Å²) in [4.78, 5) is 32.2. The van der Waals surface area contributed by atoms with Gasteiger partial charge >= 0.3 is 17.1 Å². The molecule has 0 amide bonds. The molecule has 1 rings (SSSR count). The summed E-state index contributed by atoms with van der Waals surface area (Å²) in [6, 6.07) is 0. The lowest BCUT2D eigenvalue weighted by Gasteiger charge is -2.02. The second kappa shape index (κ2) is 4.35. The van der Waals surface area contributed by atoms with Crippen LogP contribution in [0.15, 0.2) is 9.59 Å². The van der Waals surface area contributed by atoms with Crippen LogP contribution in [0.2, 0.25) is 0 Å². The monoisotopic (exact) mass is 198 g/mol. The molecule has 7 heteroatoms. The van der Waals surface area contributed by atoms with Gasteiger partial charge in [0.1, 0.15) is 6.61 Å². The molecule has 0 spiro atoms. The molecule has 0 unspecified atom stereocenters. The first-order valence-corrected chi connectivity index (χ1v) is 3.82. The van der Waals surface area contributed by atoms with E-state index >= 15 is 0 Å². The van der Waals surface area contributed by atoms with Crippen molar-refractivity contribution in [1.29, 1.82) is 0 Å². The highest BCUT2D eigenvalue weighted by molar-refractivity contribution is 5.65.